The molecule has 6 nitrogen and oxygen atoms in total. The number of ether oxygens (including phenoxy) is 1. The average molecular weight is 403 g/mol. The molecule has 0 aromatic heterocycles. The van der Waals surface area contributed by atoms with Gasteiger partial charge in [0.25, 0.3) is 0 Å². The molecule has 0 aliphatic carbocycles. The number of benzene rings is 2. The molecule has 0 radical (unpaired) electrons. The first-order chi connectivity index (χ1) is 13.1. The van der Waals surface area contributed by atoms with Crippen molar-refractivity contribution in [1.29, 1.82) is 0 Å². The molecule has 0 saturated carbocycles. The summed E-state index contributed by atoms with van der Waals surface area (Å²) in [4.78, 5) is 24.2. The molecule has 1 aliphatic heterocycles. The summed E-state index contributed by atoms with van der Waals surface area (Å²) in [6.45, 7) is 6.57. The molecule has 1 heterocycles. The molecule has 1 amide bonds. The summed E-state index contributed by atoms with van der Waals surface area (Å²) in [5.74, 6) is 0.374. The highest BCUT2D eigenvalue weighted by atomic mass is 31.2. The maximum atomic E-state index is 12.5. The minimum absolute atomic E-state index is 0.0645. The lowest BCUT2D eigenvalue weighted by Gasteiger charge is -2.31. The van der Waals surface area contributed by atoms with E-state index in [9.17, 15) is 14.3 Å². The monoisotopic (exact) mass is 403 g/mol. The number of carbonyl (C=O) groups is 1. The van der Waals surface area contributed by atoms with Gasteiger partial charge in [0.1, 0.15) is 11.4 Å². The van der Waals surface area contributed by atoms with Crippen LogP contribution in [-0.2, 0) is 28.4 Å². The van der Waals surface area contributed by atoms with Gasteiger partial charge in [-0.3, -0.25) is 0 Å². The lowest BCUT2D eigenvalue weighted by molar-refractivity contribution is 0.0224. The minimum Gasteiger partial charge on any atom is -0.444 e. The topological polar surface area (TPSA) is 76.1 Å². The van der Waals surface area contributed by atoms with Crippen LogP contribution < -0.4 is 4.52 Å². The quantitative estimate of drug-likeness (QED) is 0.746. The predicted molar refractivity (Wildman–Crippen MR) is 107 cm³/mol. The third-order valence-electron chi connectivity index (χ3n) is 4.31. The number of hydrogen-bond acceptors (Lipinski definition) is 4. The molecule has 150 valence electrons. The van der Waals surface area contributed by atoms with Gasteiger partial charge in [-0.1, -0.05) is 36.4 Å². The smallest absolute Gasteiger partial charge is 0.410 e. The molecule has 7 heteroatoms. The zero-order valence-corrected chi connectivity index (χ0v) is 17.3. The van der Waals surface area contributed by atoms with E-state index in [1.54, 1.807) is 29.2 Å². The fraction of sp³-hybridized carbons (Fsp3) is 0.381. The molecule has 0 saturated heterocycles. The maximum absolute atomic E-state index is 12.5. The summed E-state index contributed by atoms with van der Waals surface area (Å²) in [6, 6.07) is 14.3. The second kappa shape index (κ2) is 7.98. The summed E-state index contributed by atoms with van der Waals surface area (Å²) < 4.78 is 23.2. The Kier molecular flexibility index (Phi) is 5.82. The van der Waals surface area contributed by atoms with Gasteiger partial charge in [0.15, 0.2) is 0 Å². The molecular weight excluding hydrogens is 377 g/mol. The van der Waals surface area contributed by atoms with Crippen molar-refractivity contribution >= 4 is 13.7 Å². The van der Waals surface area contributed by atoms with E-state index in [1.807, 2.05) is 45.0 Å². The van der Waals surface area contributed by atoms with Gasteiger partial charge in [-0.25, -0.2) is 9.36 Å². The molecule has 2 aromatic rings. The van der Waals surface area contributed by atoms with Crippen LogP contribution in [0.15, 0.2) is 48.5 Å². The van der Waals surface area contributed by atoms with Gasteiger partial charge in [-0.2, -0.15) is 0 Å². The largest absolute Gasteiger partial charge is 0.444 e. The van der Waals surface area contributed by atoms with Crippen molar-refractivity contribution in [1.82, 2.24) is 4.90 Å². The summed E-state index contributed by atoms with van der Waals surface area (Å²) in [5.41, 5.74) is 2.32. The van der Waals surface area contributed by atoms with Crippen molar-refractivity contribution in [2.24, 2.45) is 0 Å². The highest BCUT2D eigenvalue weighted by Crippen LogP contribution is 2.46. The molecule has 28 heavy (non-hydrogen) atoms. The normalized spacial score (nSPS) is 16.1. The van der Waals surface area contributed by atoms with Crippen LogP contribution in [0.25, 0.3) is 0 Å². The molecule has 3 rings (SSSR count). The second-order valence-corrected chi connectivity index (χ2v) is 9.73. The van der Waals surface area contributed by atoms with Gasteiger partial charge in [0, 0.05) is 13.1 Å². The van der Waals surface area contributed by atoms with Gasteiger partial charge >= 0.3 is 13.7 Å². The van der Waals surface area contributed by atoms with Crippen LogP contribution in [0.4, 0.5) is 4.79 Å². The van der Waals surface area contributed by atoms with Crippen LogP contribution in [0.5, 0.6) is 5.75 Å². The van der Waals surface area contributed by atoms with E-state index >= 15 is 0 Å². The molecule has 1 N–H and O–H groups in total. The molecule has 2 aromatic carbocycles. The molecule has 0 fully saturated rings. The lowest BCUT2D eigenvalue weighted by Crippen LogP contribution is -2.39. The van der Waals surface area contributed by atoms with E-state index in [0.29, 0.717) is 25.3 Å². The van der Waals surface area contributed by atoms with Gasteiger partial charge < -0.3 is 19.1 Å². The molecule has 1 aliphatic rings. The number of carbonyl (C=O) groups excluding carboxylic acids is 1. The van der Waals surface area contributed by atoms with Crippen molar-refractivity contribution in [3.63, 3.8) is 0 Å². The Morgan fingerprint density at radius 1 is 1.14 bits per heavy atom. The number of rotatable bonds is 4. The first-order valence-corrected chi connectivity index (χ1v) is 11.0. The number of fused-ring (bicyclic) bond motifs is 1. The number of hydrogen-bond donors (Lipinski definition) is 1. The Balaban J connectivity index is 1.66. The lowest BCUT2D eigenvalue weighted by atomic mass is 9.98. The van der Waals surface area contributed by atoms with E-state index in [1.165, 1.54) is 0 Å². The highest BCUT2D eigenvalue weighted by molar-refractivity contribution is 7.52. The third-order valence-corrected chi connectivity index (χ3v) is 5.57. The Morgan fingerprint density at radius 2 is 1.86 bits per heavy atom. The maximum Gasteiger partial charge on any atom is 0.410 e. The van der Waals surface area contributed by atoms with E-state index in [4.69, 9.17) is 9.26 Å². The first-order valence-electron chi connectivity index (χ1n) is 9.26. The van der Waals surface area contributed by atoms with Gasteiger partial charge in [-0.05, 0) is 56.0 Å². The van der Waals surface area contributed by atoms with Gasteiger partial charge in [-0.15, -0.1) is 0 Å². The summed E-state index contributed by atoms with van der Waals surface area (Å²) in [5, 5.41) is 0. The van der Waals surface area contributed by atoms with Crippen LogP contribution in [0, 0.1) is 0 Å². The van der Waals surface area contributed by atoms with E-state index in [0.717, 1.165) is 16.7 Å². The zero-order chi connectivity index (χ0) is 20.4. The Morgan fingerprint density at radius 3 is 2.54 bits per heavy atom. The first kappa shape index (κ1) is 20.4. The Bertz CT molecular complexity index is 891. The van der Waals surface area contributed by atoms with E-state index < -0.39 is 13.2 Å². The fourth-order valence-electron chi connectivity index (χ4n) is 3.10. The summed E-state index contributed by atoms with van der Waals surface area (Å²) >= 11 is 0. The third kappa shape index (κ3) is 5.60. The fourth-order valence-corrected chi connectivity index (χ4v) is 4.27. The second-order valence-electron chi connectivity index (χ2n) is 7.95. The highest BCUT2D eigenvalue weighted by Gasteiger charge is 2.27. The summed E-state index contributed by atoms with van der Waals surface area (Å²) in [7, 11) is -3.81. The molecule has 1 atom stereocenters. The van der Waals surface area contributed by atoms with Crippen molar-refractivity contribution in [3.05, 3.63) is 65.2 Å². The van der Waals surface area contributed by atoms with Crippen molar-refractivity contribution in [2.45, 2.75) is 45.5 Å². The van der Waals surface area contributed by atoms with Crippen molar-refractivity contribution in [2.75, 3.05) is 6.54 Å². The van der Waals surface area contributed by atoms with Crippen LogP contribution in [-0.4, -0.2) is 28.0 Å². The molecule has 0 spiro atoms. The molecule has 0 bridgehead atoms. The average Bonchev–Trinajstić information content (AvgIpc) is 2.60. The minimum atomic E-state index is -3.81. The van der Waals surface area contributed by atoms with E-state index in [-0.39, 0.29) is 12.3 Å². The number of amides is 1. The number of para-hydroxylation sites is 1. The molecular formula is C21H26NO5P. The standard InChI is InChI=1S/C21H26NO5P/c1-21(2,3)26-20(23)22-12-11-17-13-16(9-10-18(17)14-22)15-28(24,25)27-19-7-5-4-6-8-19/h4-10,13H,11-12,14-15H2,1-3H3,(H,24,25). The SMILES string of the molecule is CC(C)(C)OC(=O)N1CCc2cc(CP(=O)(O)Oc3ccccc3)ccc2C1. The summed E-state index contributed by atoms with van der Waals surface area (Å²) in [6.07, 6.45) is 0.293. The van der Waals surface area contributed by atoms with Crippen LogP contribution in [0.2, 0.25) is 0 Å². The van der Waals surface area contributed by atoms with E-state index in [2.05, 4.69) is 0 Å². The van der Waals surface area contributed by atoms with Crippen LogP contribution in [0.1, 0.15) is 37.5 Å². The van der Waals surface area contributed by atoms with Crippen LogP contribution >= 0.6 is 7.60 Å². The Labute approximate surface area is 165 Å². The van der Waals surface area contributed by atoms with Crippen LogP contribution in [0.3, 0.4) is 0 Å². The van der Waals surface area contributed by atoms with Gasteiger partial charge in [0.05, 0.1) is 6.16 Å². The Hall–Kier alpha value is -2.30. The van der Waals surface area contributed by atoms with Crippen molar-refractivity contribution < 1.29 is 23.5 Å². The molecule has 1 unspecified atom stereocenters. The predicted octanol–water partition coefficient (Wildman–Crippen LogP) is 4.74. The number of nitrogens with zero attached hydrogens (tertiary/aromatic N) is 1. The van der Waals surface area contributed by atoms with Gasteiger partial charge in [0.2, 0.25) is 0 Å². The van der Waals surface area contributed by atoms with Crippen molar-refractivity contribution in [3.8, 4) is 5.75 Å². The zero-order valence-electron chi connectivity index (χ0n) is 16.4.